The Morgan fingerprint density at radius 2 is 1.33 bits per heavy atom. The number of carbonyl (C=O) groups excluding carboxylic acids is 2. The maximum absolute atomic E-state index is 11.0. The van der Waals surface area contributed by atoms with E-state index < -0.39 is 5.60 Å². The Morgan fingerprint density at radius 3 is 1.71 bits per heavy atom. The summed E-state index contributed by atoms with van der Waals surface area (Å²) in [6.07, 6.45) is 3.11. The SMILES string of the molecule is CC1(O)c2ccc(C=O)cc2CCc2cc(C=O)ccc21. The number of rotatable bonds is 2. The molecule has 3 rings (SSSR count). The number of fused-ring (bicyclic) bond motifs is 2. The second-order valence-electron chi connectivity index (χ2n) is 5.64. The predicted molar refractivity (Wildman–Crippen MR) is 79.7 cm³/mol. The van der Waals surface area contributed by atoms with E-state index in [1.807, 2.05) is 24.3 Å². The molecule has 3 nitrogen and oxygen atoms in total. The van der Waals surface area contributed by atoms with Gasteiger partial charge in [-0.1, -0.05) is 24.3 Å². The molecule has 0 spiro atoms. The smallest absolute Gasteiger partial charge is 0.150 e. The van der Waals surface area contributed by atoms with E-state index in [9.17, 15) is 14.7 Å². The highest BCUT2D eigenvalue weighted by molar-refractivity contribution is 5.76. The van der Waals surface area contributed by atoms with Crippen LogP contribution in [0.1, 0.15) is 49.9 Å². The fourth-order valence-corrected chi connectivity index (χ4v) is 3.15. The van der Waals surface area contributed by atoms with Gasteiger partial charge < -0.3 is 5.11 Å². The minimum Gasteiger partial charge on any atom is -0.381 e. The maximum atomic E-state index is 11.0. The van der Waals surface area contributed by atoms with Crippen LogP contribution in [0.5, 0.6) is 0 Å². The lowest BCUT2D eigenvalue weighted by atomic mass is 9.84. The van der Waals surface area contributed by atoms with Crippen molar-refractivity contribution in [1.29, 1.82) is 0 Å². The van der Waals surface area contributed by atoms with Gasteiger partial charge in [0.2, 0.25) is 0 Å². The molecule has 0 saturated heterocycles. The van der Waals surface area contributed by atoms with Crippen LogP contribution in [0.4, 0.5) is 0 Å². The van der Waals surface area contributed by atoms with E-state index in [0.717, 1.165) is 47.7 Å². The van der Waals surface area contributed by atoms with Gasteiger partial charge in [-0.15, -0.1) is 0 Å². The average molecular weight is 280 g/mol. The van der Waals surface area contributed by atoms with Gasteiger partial charge in [-0.2, -0.15) is 0 Å². The topological polar surface area (TPSA) is 54.4 Å². The van der Waals surface area contributed by atoms with Crippen LogP contribution in [-0.4, -0.2) is 17.7 Å². The molecule has 106 valence electrons. The molecule has 1 N–H and O–H groups in total. The summed E-state index contributed by atoms with van der Waals surface area (Å²) in [5, 5.41) is 11.0. The molecule has 0 unspecified atom stereocenters. The molecule has 21 heavy (non-hydrogen) atoms. The Labute approximate surface area is 123 Å². The zero-order chi connectivity index (χ0) is 15.0. The molecule has 2 aromatic carbocycles. The zero-order valence-corrected chi connectivity index (χ0v) is 11.8. The summed E-state index contributed by atoms with van der Waals surface area (Å²) >= 11 is 0. The molecule has 0 amide bonds. The highest BCUT2D eigenvalue weighted by Gasteiger charge is 2.32. The second kappa shape index (κ2) is 4.93. The summed E-state index contributed by atoms with van der Waals surface area (Å²) in [6, 6.07) is 10.8. The number of benzene rings is 2. The van der Waals surface area contributed by atoms with Crippen LogP contribution in [0.15, 0.2) is 36.4 Å². The average Bonchev–Trinajstić information content (AvgIpc) is 2.61. The van der Waals surface area contributed by atoms with Crippen molar-refractivity contribution in [3.63, 3.8) is 0 Å². The largest absolute Gasteiger partial charge is 0.381 e. The van der Waals surface area contributed by atoms with Gasteiger partial charge >= 0.3 is 0 Å². The molecule has 2 aromatic rings. The van der Waals surface area contributed by atoms with Crippen LogP contribution in [0.25, 0.3) is 0 Å². The first kappa shape index (κ1) is 13.7. The third kappa shape index (κ3) is 2.20. The molecule has 0 fully saturated rings. The number of hydrogen-bond acceptors (Lipinski definition) is 3. The monoisotopic (exact) mass is 280 g/mol. The molecule has 0 aliphatic heterocycles. The van der Waals surface area contributed by atoms with Gasteiger partial charge in [-0.05, 0) is 54.2 Å². The van der Waals surface area contributed by atoms with E-state index in [2.05, 4.69) is 0 Å². The van der Waals surface area contributed by atoms with Crippen molar-refractivity contribution < 1.29 is 14.7 Å². The second-order valence-corrected chi connectivity index (χ2v) is 5.64. The van der Waals surface area contributed by atoms with Gasteiger partial charge in [0, 0.05) is 11.1 Å². The van der Waals surface area contributed by atoms with Gasteiger partial charge in [0.15, 0.2) is 0 Å². The highest BCUT2D eigenvalue weighted by Crippen LogP contribution is 2.37. The standard InChI is InChI=1S/C18H16O3/c1-18(21)16-6-2-12(10-19)8-14(16)4-5-15-9-13(11-20)3-7-17(15)18/h2-3,6-11,21H,4-5H2,1H3. The molecule has 1 aliphatic carbocycles. The predicted octanol–water partition coefficient (Wildman–Crippen LogP) is 2.67. The molecule has 3 heteroatoms. The first-order valence-corrected chi connectivity index (χ1v) is 6.96. The van der Waals surface area contributed by atoms with Crippen LogP contribution in [0.3, 0.4) is 0 Å². The van der Waals surface area contributed by atoms with E-state index in [1.165, 1.54) is 0 Å². The summed E-state index contributed by atoms with van der Waals surface area (Å²) in [5.41, 5.74) is 3.72. The molecular weight excluding hydrogens is 264 g/mol. The van der Waals surface area contributed by atoms with Crippen molar-refractivity contribution in [3.05, 3.63) is 69.8 Å². The first-order valence-electron chi connectivity index (χ1n) is 6.96. The van der Waals surface area contributed by atoms with Crippen LogP contribution in [-0.2, 0) is 18.4 Å². The third-order valence-corrected chi connectivity index (χ3v) is 4.24. The van der Waals surface area contributed by atoms with Crippen molar-refractivity contribution in [3.8, 4) is 0 Å². The van der Waals surface area contributed by atoms with E-state index in [4.69, 9.17) is 0 Å². The Bertz CT molecular complexity index is 668. The van der Waals surface area contributed by atoms with Crippen LogP contribution < -0.4 is 0 Å². The maximum Gasteiger partial charge on any atom is 0.150 e. The quantitative estimate of drug-likeness (QED) is 0.860. The van der Waals surface area contributed by atoms with Gasteiger partial charge in [0.05, 0.1) is 0 Å². The fraction of sp³-hybridized carbons (Fsp3) is 0.222. The molecule has 0 aromatic heterocycles. The molecule has 0 atom stereocenters. The molecule has 1 aliphatic rings. The summed E-state index contributed by atoms with van der Waals surface area (Å²) < 4.78 is 0. The Balaban J connectivity index is 2.20. The van der Waals surface area contributed by atoms with Crippen molar-refractivity contribution in [2.75, 3.05) is 0 Å². The number of aryl methyl sites for hydroxylation is 2. The van der Waals surface area contributed by atoms with E-state index in [-0.39, 0.29) is 0 Å². The molecule has 0 bridgehead atoms. The van der Waals surface area contributed by atoms with E-state index >= 15 is 0 Å². The van der Waals surface area contributed by atoms with Gasteiger partial charge in [0.1, 0.15) is 18.2 Å². The Hall–Kier alpha value is -2.26. The Morgan fingerprint density at radius 1 is 0.905 bits per heavy atom. The summed E-state index contributed by atoms with van der Waals surface area (Å²) in [4.78, 5) is 21.9. The molecular formula is C18H16O3. The van der Waals surface area contributed by atoms with Gasteiger partial charge in [-0.3, -0.25) is 9.59 Å². The molecule has 0 heterocycles. The number of aliphatic hydroxyl groups is 1. The lowest BCUT2D eigenvalue weighted by molar-refractivity contribution is 0.101. The number of hydrogen-bond donors (Lipinski definition) is 1. The number of carbonyl (C=O) groups is 2. The fourth-order valence-electron chi connectivity index (χ4n) is 3.15. The Kier molecular flexibility index (Phi) is 3.22. The van der Waals surface area contributed by atoms with E-state index in [1.54, 1.807) is 19.1 Å². The first-order chi connectivity index (χ1) is 10.1. The number of aldehydes is 2. The third-order valence-electron chi connectivity index (χ3n) is 4.24. The van der Waals surface area contributed by atoms with Crippen LogP contribution in [0.2, 0.25) is 0 Å². The van der Waals surface area contributed by atoms with Crippen molar-refractivity contribution in [2.45, 2.75) is 25.4 Å². The minimum absolute atomic E-state index is 0.615. The zero-order valence-electron chi connectivity index (χ0n) is 11.8. The van der Waals surface area contributed by atoms with Crippen molar-refractivity contribution >= 4 is 12.6 Å². The van der Waals surface area contributed by atoms with Crippen molar-refractivity contribution in [1.82, 2.24) is 0 Å². The lowest BCUT2D eigenvalue weighted by Crippen LogP contribution is -2.24. The minimum atomic E-state index is -1.12. The van der Waals surface area contributed by atoms with Crippen molar-refractivity contribution in [2.24, 2.45) is 0 Å². The summed E-state index contributed by atoms with van der Waals surface area (Å²) in [7, 11) is 0. The lowest BCUT2D eigenvalue weighted by Gasteiger charge is -2.27. The van der Waals surface area contributed by atoms with E-state index in [0.29, 0.717) is 11.1 Å². The van der Waals surface area contributed by atoms with Crippen LogP contribution in [0, 0.1) is 0 Å². The summed E-state index contributed by atoms with van der Waals surface area (Å²) in [5.74, 6) is 0. The molecule has 0 saturated carbocycles. The normalized spacial score (nSPS) is 15.5. The van der Waals surface area contributed by atoms with Gasteiger partial charge in [0.25, 0.3) is 0 Å². The molecule has 0 radical (unpaired) electrons. The highest BCUT2D eigenvalue weighted by atomic mass is 16.3. The summed E-state index contributed by atoms with van der Waals surface area (Å²) in [6.45, 7) is 1.76. The van der Waals surface area contributed by atoms with Crippen LogP contribution >= 0.6 is 0 Å². The van der Waals surface area contributed by atoms with Gasteiger partial charge in [-0.25, -0.2) is 0 Å².